The molecule has 4 rings (SSSR count). The molecule has 1 N–H and O–H groups in total. The van der Waals surface area contributed by atoms with Gasteiger partial charge in [-0.3, -0.25) is 9.59 Å². The first kappa shape index (κ1) is 28.8. The second-order valence-corrected chi connectivity index (χ2v) is 11.4. The number of carbonyl (C=O) groups is 2. The molecular formula is C29H28BrCl3N2O3. The Balaban J connectivity index is 1.66. The van der Waals surface area contributed by atoms with Crippen LogP contribution in [0, 0.1) is 0 Å². The number of amides is 2. The zero-order chi connectivity index (χ0) is 27.1. The molecule has 0 unspecified atom stereocenters. The maximum atomic E-state index is 13.8. The van der Waals surface area contributed by atoms with Crippen LogP contribution in [0.15, 0.2) is 71.2 Å². The highest BCUT2D eigenvalue weighted by Gasteiger charge is 2.33. The first-order chi connectivity index (χ1) is 18.3. The van der Waals surface area contributed by atoms with E-state index < -0.39 is 6.04 Å². The van der Waals surface area contributed by atoms with Crippen LogP contribution in [0.1, 0.15) is 36.8 Å². The average Bonchev–Trinajstić information content (AvgIpc) is 3.40. The van der Waals surface area contributed by atoms with Gasteiger partial charge in [0.15, 0.2) is 6.61 Å². The summed E-state index contributed by atoms with van der Waals surface area (Å²) in [6.45, 7) is -0.268. The van der Waals surface area contributed by atoms with E-state index in [1.807, 2.05) is 30.3 Å². The lowest BCUT2D eigenvalue weighted by atomic mass is 10.0. The molecule has 1 saturated carbocycles. The minimum absolute atomic E-state index is 0.0460. The largest absolute Gasteiger partial charge is 0.482 e. The summed E-state index contributed by atoms with van der Waals surface area (Å²) < 4.78 is 6.60. The second kappa shape index (κ2) is 13.7. The van der Waals surface area contributed by atoms with E-state index in [-0.39, 0.29) is 31.0 Å². The first-order valence-electron chi connectivity index (χ1n) is 12.5. The van der Waals surface area contributed by atoms with E-state index in [9.17, 15) is 9.59 Å². The summed E-state index contributed by atoms with van der Waals surface area (Å²) >= 11 is 22.7. The van der Waals surface area contributed by atoms with Gasteiger partial charge in [-0.2, -0.15) is 0 Å². The third-order valence-corrected chi connectivity index (χ3v) is 8.10. The molecule has 0 saturated heterocycles. The lowest BCUT2D eigenvalue weighted by Gasteiger charge is -2.32. The third-order valence-electron chi connectivity index (χ3n) is 6.61. The van der Waals surface area contributed by atoms with Crippen LogP contribution in [0.4, 0.5) is 0 Å². The molecule has 2 amide bonds. The van der Waals surface area contributed by atoms with Crippen molar-refractivity contribution in [3.8, 4) is 5.75 Å². The van der Waals surface area contributed by atoms with Crippen LogP contribution >= 0.6 is 50.7 Å². The lowest BCUT2D eigenvalue weighted by Crippen LogP contribution is -2.53. The standard InChI is InChI=1S/C29H28BrCl3N2O3/c30-20-13-14-27(25(33)16-20)38-18-28(36)35(17-22-23(31)11-6-12-24(22)32)26(15-19-7-2-1-3-8-19)29(37)34-21-9-4-5-10-21/h1-3,6-8,11-14,16,21,26H,4-5,9-10,15,17-18H2,(H,34,37)/t26-/m0/s1. The van der Waals surface area contributed by atoms with E-state index in [2.05, 4.69) is 21.2 Å². The highest BCUT2D eigenvalue weighted by Crippen LogP contribution is 2.30. The van der Waals surface area contributed by atoms with Crippen molar-refractivity contribution >= 4 is 62.5 Å². The molecule has 1 fully saturated rings. The molecule has 3 aromatic carbocycles. The van der Waals surface area contributed by atoms with Gasteiger partial charge in [-0.05, 0) is 48.7 Å². The predicted octanol–water partition coefficient (Wildman–Crippen LogP) is 7.49. The van der Waals surface area contributed by atoms with Crippen molar-refractivity contribution in [3.63, 3.8) is 0 Å². The third kappa shape index (κ3) is 7.66. The molecule has 38 heavy (non-hydrogen) atoms. The fraction of sp³-hybridized carbons (Fsp3) is 0.310. The highest BCUT2D eigenvalue weighted by molar-refractivity contribution is 9.10. The van der Waals surface area contributed by atoms with Gasteiger partial charge in [-0.1, -0.05) is 100.0 Å². The number of halogens is 4. The molecule has 3 aromatic rings. The SMILES string of the molecule is O=C(NC1CCCC1)[C@H](Cc1ccccc1)N(Cc1c(Cl)cccc1Cl)C(=O)COc1ccc(Br)cc1Cl. The number of nitrogens with one attached hydrogen (secondary N) is 1. The Labute approximate surface area is 246 Å². The van der Waals surface area contributed by atoms with Crippen molar-refractivity contribution < 1.29 is 14.3 Å². The zero-order valence-corrected chi connectivity index (χ0v) is 24.5. The van der Waals surface area contributed by atoms with Crippen LogP contribution in [-0.4, -0.2) is 35.4 Å². The summed E-state index contributed by atoms with van der Waals surface area (Å²) in [5, 5.41) is 4.38. The van der Waals surface area contributed by atoms with E-state index in [1.165, 1.54) is 4.90 Å². The van der Waals surface area contributed by atoms with Gasteiger partial charge in [0.1, 0.15) is 11.8 Å². The Morgan fingerprint density at radius 2 is 1.63 bits per heavy atom. The van der Waals surface area contributed by atoms with Crippen molar-refractivity contribution in [1.82, 2.24) is 10.2 Å². The van der Waals surface area contributed by atoms with Gasteiger partial charge in [0.05, 0.1) is 5.02 Å². The van der Waals surface area contributed by atoms with Crippen LogP contribution < -0.4 is 10.1 Å². The lowest BCUT2D eigenvalue weighted by molar-refractivity contribution is -0.143. The van der Waals surface area contributed by atoms with Crippen LogP contribution in [0.2, 0.25) is 15.1 Å². The fourth-order valence-corrected chi connectivity index (χ4v) is 5.83. The van der Waals surface area contributed by atoms with E-state index in [0.29, 0.717) is 32.8 Å². The Kier molecular flexibility index (Phi) is 10.4. The predicted molar refractivity (Wildman–Crippen MR) is 156 cm³/mol. The van der Waals surface area contributed by atoms with E-state index in [4.69, 9.17) is 39.5 Å². The van der Waals surface area contributed by atoms with Crippen molar-refractivity contribution in [2.24, 2.45) is 0 Å². The molecule has 200 valence electrons. The minimum atomic E-state index is -0.804. The van der Waals surface area contributed by atoms with Crippen LogP contribution in [0.25, 0.3) is 0 Å². The van der Waals surface area contributed by atoms with Crippen molar-refractivity contribution in [3.05, 3.63) is 97.4 Å². The maximum absolute atomic E-state index is 13.8. The smallest absolute Gasteiger partial charge is 0.261 e. The molecule has 0 bridgehead atoms. The number of rotatable bonds is 10. The summed E-state index contributed by atoms with van der Waals surface area (Å²) in [5.74, 6) is -0.226. The summed E-state index contributed by atoms with van der Waals surface area (Å²) in [5.41, 5.74) is 1.50. The Morgan fingerprint density at radius 3 is 2.29 bits per heavy atom. The average molecular weight is 639 g/mol. The molecule has 1 atom stereocenters. The second-order valence-electron chi connectivity index (χ2n) is 9.28. The minimum Gasteiger partial charge on any atom is -0.482 e. The molecule has 1 aliphatic rings. The summed E-state index contributed by atoms with van der Waals surface area (Å²) in [4.78, 5) is 29.0. The van der Waals surface area contributed by atoms with Crippen LogP contribution in [0.3, 0.4) is 0 Å². The Hall–Kier alpha value is -2.25. The van der Waals surface area contributed by atoms with Gasteiger partial charge in [-0.15, -0.1) is 0 Å². The normalized spacial score (nSPS) is 14.2. The van der Waals surface area contributed by atoms with Gasteiger partial charge in [0.2, 0.25) is 5.91 Å². The monoisotopic (exact) mass is 636 g/mol. The van der Waals surface area contributed by atoms with Gasteiger partial charge in [0, 0.05) is 39.1 Å². The maximum Gasteiger partial charge on any atom is 0.261 e. The number of hydrogen-bond acceptors (Lipinski definition) is 3. The number of nitrogens with zero attached hydrogens (tertiary/aromatic N) is 1. The summed E-state index contributed by atoms with van der Waals surface area (Å²) in [6.07, 6.45) is 4.34. The zero-order valence-electron chi connectivity index (χ0n) is 20.6. The Bertz CT molecular complexity index is 1250. The van der Waals surface area contributed by atoms with Gasteiger partial charge >= 0.3 is 0 Å². The molecule has 5 nitrogen and oxygen atoms in total. The van der Waals surface area contributed by atoms with Gasteiger partial charge < -0.3 is 15.0 Å². The molecule has 0 aromatic heterocycles. The Morgan fingerprint density at radius 1 is 0.947 bits per heavy atom. The highest BCUT2D eigenvalue weighted by atomic mass is 79.9. The van der Waals surface area contributed by atoms with Crippen LogP contribution in [-0.2, 0) is 22.6 Å². The molecule has 0 heterocycles. The van der Waals surface area contributed by atoms with Gasteiger partial charge in [0.25, 0.3) is 5.91 Å². The van der Waals surface area contributed by atoms with E-state index in [1.54, 1.807) is 36.4 Å². The topological polar surface area (TPSA) is 58.6 Å². The van der Waals surface area contributed by atoms with E-state index >= 15 is 0 Å². The number of hydrogen-bond donors (Lipinski definition) is 1. The van der Waals surface area contributed by atoms with Gasteiger partial charge in [-0.25, -0.2) is 0 Å². The molecule has 0 aliphatic heterocycles. The summed E-state index contributed by atoms with van der Waals surface area (Å²) in [6, 6.07) is 19.3. The fourth-order valence-electron chi connectivity index (χ4n) is 4.59. The first-order valence-corrected chi connectivity index (χ1v) is 14.4. The van der Waals surface area contributed by atoms with E-state index in [0.717, 1.165) is 35.7 Å². The number of benzene rings is 3. The number of ether oxygens (including phenoxy) is 1. The molecular weight excluding hydrogens is 611 g/mol. The quantitative estimate of drug-likeness (QED) is 0.251. The molecule has 0 radical (unpaired) electrons. The molecule has 1 aliphatic carbocycles. The van der Waals surface area contributed by atoms with Crippen molar-refractivity contribution in [2.45, 2.75) is 50.7 Å². The van der Waals surface area contributed by atoms with Crippen LogP contribution in [0.5, 0.6) is 5.75 Å². The van der Waals surface area contributed by atoms with Crippen molar-refractivity contribution in [2.75, 3.05) is 6.61 Å². The molecule has 0 spiro atoms. The van der Waals surface area contributed by atoms with Crippen molar-refractivity contribution in [1.29, 1.82) is 0 Å². The summed E-state index contributed by atoms with van der Waals surface area (Å²) in [7, 11) is 0. The molecule has 9 heteroatoms. The number of carbonyl (C=O) groups excluding carboxylic acids is 2.